The first-order valence-corrected chi connectivity index (χ1v) is 6.18. The van der Waals surface area contributed by atoms with Gasteiger partial charge in [-0.15, -0.1) is 0 Å². The zero-order valence-electron chi connectivity index (χ0n) is 11.4. The standard InChI is InChI=1S/C13H19N3O3/c1-9(2)14-6-7-15-13(17)11-5-4-10(3)12(8-11)16(18)19/h4-5,8-9,14H,6-7H2,1-3H3,(H,15,17). The van der Waals surface area contributed by atoms with Crippen LogP contribution in [0.25, 0.3) is 0 Å². The largest absolute Gasteiger partial charge is 0.351 e. The predicted molar refractivity (Wildman–Crippen MR) is 73.3 cm³/mol. The van der Waals surface area contributed by atoms with Gasteiger partial charge in [-0.3, -0.25) is 14.9 Å². The van der Waals surface area contributed by atoms with E-state index in [0.717, 1.165) is 0 Å². The van der Waals surface area contributed by atoms with Crippen molar-refractivity contribution in [2.24, 2.45) is 0 Å². The summed E-state index contributed by atoms with van der Waals surface area (Å²) in [7, 11) is 0. The summed E-state index contributed by atoms with van der Waals surface area (Å²) in [5.74, 6) is -0.298. The van der Waals surface area contributed by atoms with Crippen molar-refractivity contribution in [3.63, 3.8) is 0 Å². The molecule has 0 unspecified atom stereocenters. The molecule has 0 saturated carbocycles. The van der Waals surface area contributed by atoms with Gasteiger partial charge in [-0.2, -0.15) is 0 Å². The Morgan fingerprint density at radius 3 is 2.63 bits per heavy atom. The number of carbonyl (C=O) groups excluding carboxylic acids is 1. The Kier molecular flexibility index (Phi) is 5.44. The van der Waals surface area contributed by atoms with Crippen molar-refractivity contribution in [1.29, 1.82) is 0 Å². The van der Waals surface area contributed by atoms with Gasteiger partial charge >= 0.3 is 0 Å². The maximum absolute atomic E-state index is 11.8. The molecule has 0 aliphatic rings. The highest BCUT2D eigenvalue weighted by molar-refractivity contribution is 5.94. The highest BCUT2D eigenvalue weighted by Crippen LogP contribution is 2.18. The van der Waals surface area contributed by atoms with Gasteiger partial charge in [0.15, 0.2) is 0 Å². The molecule has 0 spiro atoms. The molecular formula is C13H19N3O3. The second-order valence-electron chi connectivity index (χ2n) is 4.62. The lowest BCUT2D eigenvalue weighted by molar-refractivity contribution is -0.385. The van der Waals surface area contributed by atoms with E-state index in [-0.39, 0.29) is 11.6 Å². The van der Waals surface area contributed by atoms with Gasteiger partial charge in [0.25, 0.3) is 11.6 Å². The number of nitrogens with zero attached hydrogens (tertiary/aromatic N) is 1. The third-order valence-electron chi connectivity index (χ3n) is 2.63. The fourth-order valence-electron chi connectivity index (χ4n) is 1.59. The van der Waals surface area contributed by atoms with E-state index < -0.39 is 4.92 Å². The number of nitrogens with one attached hydrogen (secondary N) is 2. The first-order valence-electron chi connectivity index (χ1n) is 6.18. The van der Waals surface area contributed by atoms with E-state index in [1.54, 1.807) is 19.1 Å². The average molecular weight is 265 g/mol. The van der Waals surface area contributed by atoms with E-state index in [4.69, 9.17) is 0 Å². The van der Waals surface area contributed by atoms with E-state index in [2.05, 4.69) is 10.6 Å². The summed E-state index contributed by atoms with van der Waals surface area (Å²) in [5, 5.41) is 16.7. The third kappa shape index (κ3) is 4.67. The van der Waals surface area contributed by atoms with Gasteiger partial charge in [0.1, 0.15) is 0 Å². The smallest absolute Gasteiger partial charge is 0.273 e. The van der Waals surface area contributed by atoms with E-state index in [0.29, 0.717) is 30.3 Å². The van der Waals surface area contributed by atoms with Gasteiger partial charge in [0.05, 0.1) is 4.92 Å². The van der Waals surface area contributed by atoms with Crippen molar-refractivity contribution < 1.29 is 9.72 Å². The SMILES string of the molecule is Cc1ccc(C(=O)NCCNC(C)C)cc1[N+](=O)[O-]. The van der Waals surface area contributed by atoms with Gasteiger partial charge < -0.3 is 10.6 Å². The van der Waals surface area contributed by atoms with Crippen molar-refractivity contribution in [3.8, 4) is 0 Å². The normalized spacial score (nSPS) is 10.5. The summed E-state index contributed by atoms with van der Waals surface area (Å²) in [5.41, 5.74) is 0.817. The average Bonchev–Trinajstić information content (AvgIpc) is 2.34. The minimum atomic E-state index is -0.480. The van der Waals surface area contributed by atoms with Gasteiger partial charge in [0.2, 0.25) is 0 Å². The summed E-state index contributed by atoms with van der Waals surface area (Å²) in [6.45, 7) is 6.83. The lowest BCUT2D eigenvalue weighted by Crippen LogP contribution is -2.34. The van der Waals surface area contributed by atoms with Gasteiger partial charge in [0, 0.05) is 36.3 Å². The number of hydrogen-bond acceptors (Lipinski definition) is 4. The molecule has 0 radical (unpaired) electrons. The van der Waals surface area contributed by atoms with Crippen LogP contribution in [0.5, 0.6) is 0 Å². The van der Waals surface area contributed by atoms with Gasteiger partial charge in [-0.05, 0) is 13.0 Å². The fraction of sp³-hybridized carbons (Fsp3) is 0.462. The highest BCUT2D eigenvalue weighted by atomic mass is 16.6. The van der Waals surface area contributed by atoms with Crippen molar-refractivity contribution in [2.75, 3.05) is 13.1 Å². The molecule has 0 saturated heterocycles. The van der Waals surface area contributed by atoms with Crippen LogP contribution in [0, 0.1) is 17.0 Å². The lowest BCUT2D eigenvalue weighted by Gasteiger charge is -2.09. The van der Waals surface area contributed by atoms with Crippen LogP contribution in [-0.4, -0.2) is 30.0 Å². The molecule has 0 aliphatic heterocycles. The maximum atomic E-state index is 11.8. The number of carbonyl (C=O) groups is 1. The Bertz CT molecular complexity index is 472. The Balaban J connectivity index is 2.62. The minimum Gasteiger partial charge on any atom is -0.351 e. The van der Waals surface area contributed by atoms with Gasteiger partial charge in [-0.1, -0.05) is 19.9 Å². The van der Waals surface area contributed by atoms with Crippen LogP contribution in [0.3, 0.4) is 0 Å². The molecule has 0 bridgehead atoms. The summed E-state index contributed by atoms with van der Waals surface area (Å²) in [4.78, 5) is 22.1. The topological polar surface area (TPSA) is 84.3 Å². The van der Waals surface area contributed by atoms with Crippen LogP contribution in [0.2, 0.25) is 0 Å². The van der Waals surface area contributed by atoms with Crippen molar-refractivity contribution >= 4 is 11.6 Å². The van der Waals surface area contributed by atoms with Crippen LogP contribution in [-0.2, 0) is 0 Å². The highest BCUT2D eigenvalue weighted by Gasteiger charge is 2.14. The number of benzene rings is 1. The molecule has 0 fully saturated rings. The van der Waals surface area contributed by atoms with Crippen LogP contribution in [0.4, 0.5) is 5.69 Å². The van der Waals surface area contributed by atoms with Crippen molar-refractivity contribution in [1.82, 2.24) is 10.6 Å². The number of aryl methyl sites for hydroxylation is 1. The van der Waals surface area contributed by atoms with Crippen LogP contribution in [0.15, 0.2) is 18.2 Å². The Morgan fingerprint density at radius 2 is 2.05 bits per heavy atom. The van der Waals surface area contributed by atoms with Crippen molar-refractivity contribution in [2.45, 2.75) is 26.8 Å². The Morgan fingerprint density at radius 1 is 1.37 bits per heavy atom. The summed E-state index contributed by atoms with van der Waals surface area (Å²) in [6, 6.07) is 4.84. The first kappa shape index (κ1) is 15.1. The van der Waals surface area contributed by atoms with Crippen molar-refractivity contribution in [3.05, 3.63) is 39.4 Å². The van der Waals surface area contributed by atoms with Crippen LogP contribution >= 0.6 is 0 Å². The van der Waals surface area contributed by atoms with Crippen LogP contribution < -0.4 is 10.6 Å². The van der Waals surface area contributed by atoms with Crippen LogP contribution in [0.1, 0.15) is 29.8 Å². The molecule has 0 heterocycles. The molecule has 2 N–H and O–H groups in total. The number of rotatable bonds is 6. The number of nitro benzene ring substituents is 1. The predicted octanol–water partition coefficient (Wildman–Crippen LogP) is 1.63. The number of hydrogen-bond donors (Lipinski definition) is 2. The number of nitro groups is 1. The second kappa shape index (κ2) is 6.84. The molecule has 1 aromatic rings. The molecule has 19 heavy (non-hydrogen) atoms. The molecule has 1 rings (SSSR count). The minimum absolute atomic E-state index is 0.0343. The fourth-order valence-corrected chi connectivity index (χ4v) is 1.59. The zero-order chi connectivity index (χ0) is 14.4. The molecule has 104 valence electrons. The molecule has 0 atom stereocenters. The number of amides is 1. The molecular weight excluding hydrogens is 246 g/mol. The summed E-state index contributed by atoms with van der Waals surface area (Å²) < 4.78 is 0. The molecule has 0 aliphatic carbocycles. The van der Waals surface area contributed by atoms with E-state index in [1.807, 2.05) is 13.8 Å². The van der Waals surface area contributed by atoms with E-state index in [1.165, 1.54) is 6.07 Å². The second-order valence-corrected chi connectivity index (χ2v) is 4.62. The maximum Gasteiger partial charge on any atom is 0.273 e. The quantitative estimate of drug-likeness (QED) is 0.465. The third-order valence-corrected chi connectivity index (χ3v) is 2.63. The summed E-state index contributed by atoms with van der Waals surface area (Å²) >= 11 is 0. The summed E-state index contributed by atoms with van der Waals surface area (Å²) in [6.07, 6.45) is 0. The Labute approximate surface area is 112 Å². The molecule has 6 heteroatoms. The molecule has 1 aromatic carbocycles. The first-order chi connectivity index (χ1) is 8.91. The molecule has 1 amide bonds. The van der Waals surface area contributed by atoms with E-state index >= 15 is 0 Å². The lowest BCUT2D eigenvalue weighted by atomic mass is 10.1. The monoisotopic (exact) mass is 265 g/mol. The molecule has 0 aromatic heterocycles. The molecule has 6 nitrogen and oxygen atoms in total. The zero-order valence-corrected chi connectivity index (χ0v) is 11.4. The van der Waals surface area contributed by atoms with Gasteiger partial charge in [-0.25, -0.2) is 0 Å². The Hall–Kier alpha value is -1.95. The van der Waals surface area contributed by atoms with E-state index in [9.17, 15) is 14.9 Å².